The molecule has 1 saturated carbocycles. The highest BCUT2D eigenvalue weighted by molar-refractivity contribution is 6.19. The molecule has 1 unspecified atom stereocenters. The largest absolute Gasteiger partial charge is 0.383 e. The molecule has 2 aliphatic rings. The summed E-state index contributed by atoms with van der Waals surface area (Å²) in [6.45, 7) is 2.29. The molecule has 2 rings (SSSR count). The first-order valence-electron chi connectivity index (χ1n) is 7.25. The summed E-state index contributed by atoms with van der Waals surface area (Å²) in [5, 5.41) is 2.36. The Hall–Kier alpha value is -1.43. The molecule has 1 saturated heterocycles. The van der Waals surface area contributed by atoms with Crippen molar-refractivity contribution in [3.8, 4) is 0 Å². The van der Waals surface area contributed by atoms with E-state index in [4.69, 9.17) is 4.74 Å². The Balaban J connectivity index is 2.28. The Bertz CT molecular complexity index is 409. The average molecular weight is 282 g/mol. The van der Waals surface area contributed by atoms with Crippen LogP contribution in [0.2, 0.25) is 0 Å². The molecular formula is C14H22N2O4. The molecule has 20 heavy (non-hydrogen) atoms. The third-order valence-electron chi connectivity index (χ3n) is 4.31. The fourth-order valence-electron chi connectivity index (χ4n) is 3.26. The van der Waals surface area contributed by atoms with Crippen molar-refractivity contribution in [3.63, 3.8) is 0 Å². The highest BCUT2D eigenvalue weighted by Crippen LogP contribution is 2.42. The van der Waals surface area contributed by atoms with E-state index in [1.165, 1.54) is 4.90 Å². The molecule has 1 aliphatic heterocycles. The van der Waals surface area contributed by atoms with Crippen LogP contribution in [0.5, 0.6) is 0 Å². The SMILES string of the molecule is CCCC(COC)N1C(=O)NC(=O)C2(CCCC2)C1=O. The Morgan fingerprint density at radius 1 is 1.30 bits per heavy atom. The summed E-state index contributed by atoms with van der Waals surface area (Å²) >= 11 is 0. The monoisotopic (exact) mass is 282 g/mol. The van der Waals surface area contributed by atoms with Gasteiger partial charge >= 0.3 is 6.03 Å². The first kappa shape index (κ1) is 15.0. The van der Waals surface area contributed by atoms with Crippen LogP contribution < -0.4 is 5.32 Å². The second-order valence-corrected chi connectivity index (χ2v) is 5.62. The smallest absolute Gasteiger partial charge is 0.331 e. The topological polar surface area (TPSA) is 75.7 Å². The fourth-order valence-corrected chi connectivity index (χ4v) is 3.26. The van der Waals surface area contributed by atoms with Crippen LogP contribution in [-0.4, -0.2) is 42.5 Å². The lowest BCUT2D eigenvalue weighted by molar-refractivity contribution is -0.153. The number of hydrogen-bond donors (Lipinski definition) is 1. The van der Waals surface area contributed by atoms with Gasteiger partial charge in [0, 0.05) is 7.11 Å². The molecule has 0 aromatic rings. The summed E-state index contributed by atoms with van der Waals surface area (Å²) in [6.07, 6.45) is 4.29. The third kappa shape index (κ3) is 2.32. The number of methoxy groups -OCH3 is 1. The zero-order chi connectivity index (χ0) is 14.8. The van der Waals surface area contributed by atoms with Gasteiger partial charge in [-0.3, -0.25) is 19.8 Å². The van der Waals surface area contributed by atoms with Crippen molar-refractivity contribution < 1.29 is 19.1 Å². The van der Waals surface area contributed by atoms with Gasteiger partial charge in [0.05, 0.1) is 12.6 Å². The molecule has 4 amide bonds. The summed E-state index contributed by atoms with van der Waals surface area (Å²) in [4.78, 5) is 38.1. The standard InChI is InChI=1S/C14H22N2O4/c1-3-6-10(9-20-2)16-12(18)14(7-4-5-8-14)11(17)15-13(16)19/h10H,3-9H2,1-2H3,(H,15,17,19). The quantitative estimate of drug-likeness (QED) is 0.774. The number of nitrogens with zero attached hydrogens (tertiary/aromatic N) is 1. The van der Waals surface area contributed by atoms with Gasteiger partial charge in [-0.1, -0.05) is 26.2 Å². The number of urea groups is 1. The summed E-state index contributed by atoms with van der Waals surface area (Å²) in [7, 11) is 1.55. The first-order chi connectivity index (χ1) is 9.56. The molecule has 1 aliphatic carbocycles. The molecule has 1 N–H and O–H groups in total. The number of rotatable bonds is 5. The van der Waals surface area contributed by atoms with Crippen LogP contribution in [-0.2, 0) is 14.3 Å². The summed E-state index contributed by atoms with van der Waals surface area (Å²) in [5.74, 6) is -0.756. The second-order valence-electron chi connectivity index (χ2n) is 5.62. The van der Waals surface area contributed by atoms with Crippen molar-refractivity contribution >= 4 is 17.8 Å². The van der Waals surface area contributed by atoms with Crippen LogP contribution in [0.1, 0.15) is 45.4 Å². The van der Waals surface area contributed by atoms with Gasteiger partial charge in [-0.05, 0) is 19.3 Å². The van der Waals surface area contributed by atoms with Crippen LogP contribution in [0, 0.1) is 5.41 Å². The predicted molar refractivity (Wildman–Crippen MR) is 71.9 cm³/mol. The van der Waals surface area contributed by atoms with E-state index in [2.05, 4.69) is 5.32 Å². The predicted octanol–water partition coefficient (Wildman–Crippen LogP) is 1.44. The van der Waals surface area contributed by atoms with E-state index in [9.17, 15) is 14.4 Å². The van der Waals surface area contributed by atoms with Crippen molar-refractivity contribution in [3.05, 3.63) is 0 Å². The van der Waals surface area contributed by atoms with E-state index < -0.39 is 17.4 Å². The number of amides is 4. The highest BCUT2D eigenvalue weighted by atomic mass is 16.5. The average Bonchev–Trinajstić information content (AvgIpc) is 2.88. The number of imide groups is 2. The molecule has 0 bridgehead atoms. The van der Waals surface area contributed by atoms with Crippen LogP contribution in [0.25, 0.3) is 0 Å². The van der Waals surface area contributed by atoms with Gasteiger partial charge in [0.25, 0.3) is 0 Å². The zero-order valence-electron chi connectivity index (χ0n) is 12.1. The van der Waals surface area contributed by atoms with Crippen LogP contribution in [0.3, 0.4) is 0 Å². The van der Waals surface area contributed by atoms with Crippen molar-refractivity contribution in [1.29, 1.82) is 0 Å². The highest BCUT2D eigenvalue weighted by Gasteiger charge is 2.56. The van der Waals surface area contributed by atoms with Gasteiger partial charge in [0.2, 0.25) is 11.8 Å². The molecule has 0 aromatic heterocycles. The zero-order valence-corrected chi connectivity index (χ0v) is 12.1. The van der Waals surface area contributed by atoms with E-state index in [0.29, 0.717) is 25.9 Å². The minimum absolute atomic E-state index is 0.303. The molecule has 112 valence electrons. The summed E-state index contributed by atoms with van der Waals surface area (Å²) < 4.78 is 5.13. The summed E-state index contributed by atoms with van der Waals surface area (Å²) in [5.41, 5.74) is -1.02. The number of barbiturate groups is 1. The van der Waals surface area contributed by atoms with Crippen molar-refractivity contribution in [2.45, 2.75) is 51.5 Å². The van der Waals surface area contributed by atoms with Gasteiger partial charge in [-0.15, -0.1) is 0 Å². The lowest BCUT2D eigenvalue weighted by Gasteiger charge is -2.40. The van der Waals surface area contributed by atoms with Crippen LogP contribution in [0.4, 0.5) is 4.79 Å². The van der Waals surface area contributed by atoms with E-state index in [-0.39, 0.29) is 11.9 Å². The maximum Gasteiger partial charge on any atom is 0.331 e. The lowest BCUT2D eigenvalue weighted by Crippen LogP contribution is -2.66. The Morgan fingerprint density at radius 3 is 2.50 bits per heavy atom. The van der Waals surface area contributed by atoms with Gasteiger partial charge in [0.1, 0.15) is 5.41 Å². The Kier molecular flexibility index (Phi) is 4.42. The molecule has 1 spiro atoms. The molecule has 1 heterocycles. The number of carbonyl (C=O) groups is 3. The second kappa shape index (κ2) is 5.91. The maximum atomic E-state index is 12.8. The first-order valence-corrected chi connectivity index (χ1v) is 7.25. The van der Waals surface area contributed by atoms with E-state index in [1.54, 1.807) is 7.11 Å². The molecule has 0 radical (unpaired) electrons. The molecule has 2 fully saturated rings. The third-order valence-corrected chi connectivity index (χ3v) is 4.31. The Morgan fingerprint density at radius 2 is 1.95 bits per heavy atom. The van der Waals surface area contributed by atoms with E-state index in [1.807, 2.05) is 6.92 Å². The molecule has 6 heteroatoms. The minimum atomic E-state index is -1.02. The maximum absolute atomic E-state index is 12.8. The van der Waals surface area contributed by atoms with Crippen LogP contribution >= 0.6 is 0 Å². The summed E-state index contributed by atoms with van der Waals surface area (Å²) in [6, 6.07) is -0.906. The number of ether oxygens (including phenoxy) is 1. The van der Waals surface area contributed by atoms with E-state index >= 15 is 0 Å². The van der Waals surface area contributed by atoms with E-state index in [0.717, 1.165) is 19.3 Å². The Labute approximate surface area is 118 Å². The molecule has 6 nitrogen and oxygen atoms in total. The fraction of sp³-hybridized carbons (Fsp3) is 0.786. The molecule has 0 aromatic carbocycles. The number of carbonyl (C=O) groups excluding carboxylic acids is 3. The normalized spacial score (nSPS) is 23.3. The number of nitrogens with one attached hydrogen (secondary N) is 1. The van der Waals surface area contributed by atoms with Crippen molar-refractivity contribution in [2.75, 3.05) is 13.7 Å². The minimum Gasteiger partial charge on any atom is -0.383 e. The van der Waals surface area contributed by atoms with Gasteiger partial charge < -0.3 is 4.74 Å². The van der Waals surface area contributed by atoms with Gasteiger partial charge in [-0.25, -0.2) is 4.79 Å². The molecule has 1 atom stereocenters. The van der Waals surface area contributed by atoms with Crippen molar-refractivity contribution in [2.24, 2.45) is 5.41 Å². The van der Waals surface area contributed by atoms with Gasteiger partial charge in [0.15, 0.2) is 0 Å². The lowest BCUT2D eigenvalue weighted by atomic mass is 9.81. The van der Waals surface area contributed by atoms with Crippen LogP contribution in [0.15, 0.2) is 0 Å². The molecular weight excluding hydrogens is 260 g/mol. The van der Waals surface area contributed by atoms with Gasteiger partial charge in [-0.2, -0.15) is 0 Å². The van der Waals surface area contributed by atoms with Crippen molar-refractivity contribution in [1.82, 2.24) is 10.2 Å². The number of hydrogen-bond acceptors (Lipinski definition) is 4.